The lowest BCUT2D eigenvalue weighted by Gasteiger charge is -2.30. The maximum absolute atomic E-state index is 6.06. The third-order valence-electron chi connectivity index (χ3n) is 5.24. The van der Waals surface area contributed by atoms with E-state index in [1.165, 1.54) is 5.56 Å². The molecule has 1 heterocycles. The fourth-order valence-electron chi connectivity index (χ4n) is 3.52. The van der Waals surface area contributed by atoms with Crippen LogP contribution in [0.15, 0.2) is 85.5 Å². The highest BCUT2D eigenvalue weighted by Gasteiger charge is 2.26. The highest BCUT2D eigenvalue weighted by Crippen LogP contribution is 2.35. The fraction of sp³-hybridized carbons (Fsp3) is 0.240. The Morgan fingerprint density at radius 1 is 1.00 bits per heavy atom. The van der Waals surface area contributed by atoms with E-state index in [4.69, 9.17) is 16.3 Å². The second-order valence-corrected chi connectivity index (χ2v) is 7.39. The number of allylic oxidation sites excluding steroid dienone is 1. The van der Waals surface area contributed by atoms with Crippen LogP contribution in [0.4, 0.5) is 0 Å². The molecule has 2 nitrogen and oxygen atoms in total. The van der Waals surface area contributed by atoms with Gasteiger partial charge in [-0.3, -0.25) is 0 Å². The topological polar surface area (TPSA) is 22.1 Å². The predicted octanol–water partition coefficient (Wildman–Crippen LogP) is 7.38. The maximum atomic E-state index is 6.06. The van der Waals surface area contributed by atoms with Crippen LogP contribution in [0.5, 0.6) is 11.6 Å². The molecular formula is C25H26ClNO. The lowest BCUT2D eigenvalue weighted by atomic mass is 9.74. The number of rotatable bonds is 9. The molecule has 3 aromatic rings. The number of aryl methyl sites for hydroxylation is 1. The van der Waals surface area contributed by atoms with Crippen LogP contribution in [0.3, 0.4) is 0 Å². The quantitative estimate of drug-likeness (QED) is 0.355. The van der Waals surface area contributed by atoms with Gasteiger partial charge < -0.3 is 4.74 Å². The van der Waals surface area contributed by atoms with Crippen LogP contribution in [0.2, 0.25) is 5.02 Å². The van der Waals surface area contributed by atoms with Crippen LogP contribution in [-0.4, -0.2) is 4.98 Å². The van der Waals surface area contributed by atoms with Crippen LogP contribution < -0.4 is 4.74 Å². The minimum atomic E-state index is -0.0390. The largest absolute Gasteiger partial charge is 0.439 e. The molecule has 1 atom stereocenters. The summed E-state index contributed by atoms with van der Waals surface area (Å²) in [4.78, 5) is 4.66. The van der Waals surface area contributed by atoms with Crippen molar-refractivity contribution in [2.24, 2.45) is 0 Å². The summed E-state index contributed by atoms with van der Waals surface area (Å²) in [7, 11) is 0. The number of aromatic nitrogens is 1. The first-order valence-electron chi connectivity index (χ1n) is 9.74. The average Bonchev–Trinajstić information content (AvgIpc) is 2.73. The molecule has 28 heavy (non-hydrogen) atoms. The second-order valence-electron chi connectivity index (χ2n) is 6.96. The van der Waals surface area contributed by atoms with Gasteiger partial charge in [0.1, 0.15) is 5.75 Å². The Kier molecular flexibility index (Phi) is 6.89. The zero-order chi connectivity index (χ0) is 19.8. The van der Waals surface area contributed by atoms with E-state index in [-0.39, 0.29) is 5.41 Å². The van der Waals surface area contributed by atoms with Crippen molar-refractivity contribution < 1.29 is 4.74 Å². The smallest absolute Gasteiger partial charge is 0.219 e. The van der Waals surface area contributed by atoms with Crippen molar-refractivity contribution in [1.29, 1.82) is 0 Å². The molecule has 0 amide bonds. The molecule has 0 fully saturated rings. The van der Waals surface area contributed by atoms with E-state index in [0.717, 1.165) is 42.1 Å². The molecule has 1 aromatic heterocycles. The number of halogens is 1. The minimum absolute atomic E-state index is 0.0390. The van der Waals surface area contributed by atoms with E-state index >= 15 is 0 Å². The van der Waals surface area contributed by atoms with Gasteiger partial charge in [-0.2, -0.15) is 0 Å². The molecule has 0 saturated carbocycles. The van der Waals surface area contributed by atoms with Crippen molar-refractivity contribution in [3.8, 4) is 11.6 Å². The van der Waals surface area contributed by atoms with Gasteiger partial charge in [-0.1, -0.05) is 61.0 Å². The van der Waals surface area contributed by atoms with Gasteiger partial charge in [0.25, 0.3) is 0 Å². The Bertz CT molecular complexity index is 892. The van der Waals surface area contributed by atoms with E-state index in [1.54, 1.807) is 0 Å². The molecule has 3 rings (SSSR count). The van der Waals surface area contributed by atoms with E-state index in [2.05, 4.69) is 42.8 Å². The summed E-state index contributed by atoms with van der Waals surface area (Å²) in [6.07, 6.45) is 6.01. The summed E-state index contributed by atoms with van der Waals surface area (Å²) < 4.78 is 5.85. The summed E-state index contributed by atoms with van der Waals surface area (Å²) in [5.41, 5.74) is 2.27. The monoisotopic (exact) mass is 391 g/mol. The second kappa shape index (κ2) is 9.57. The summed E-state index contributed by atoms with van der Waals surface area (Å²) in [5.74, 6) is 1.43. The summed E-state index contributed by atoms with van der Waals surface area (Å²) >= 11 is 6.06. The predicted molar refractivity (Wildman–Crippen MR) is 117 cm³/mol. The Morgan fingerprint density at radius 3 is 2.43 bits per heavy atom. The molecule has 3 heteroatoms. The molecule has 0 saturated heterocycles. The van der Waals surface area contributed by atoms with Crippen LogP contribution in [0.1, 0.15) is 37.4 Å². The molecule has 0 radical (unpaired) electrons. The Hall–Kier alpha value is -2.58. The van der Waals surface area contributed by atoms with Gasteiger partial charge in [0, 0.05) is 22.2 Å². The lowest BCUT2D eigenvalue weighted by Crippen LogP contribution is -2.22. The van der Waals surface area contributed by atoms with Gasteiger partial charge in [-0.05, 0) is 61.6 Å². The maximum Gasteiger partial charge on any atom is 0.219 e. The normalized spacial score (nSPS) is 12.9. The van der Waals surface area contributed by atoms with E-state index in [0.29, 0.717) is 5.88 Å². The van der Waals surface area contributed by atoms with Gasteiger partial charge in [0.2, 0.25) is 5.88 Å². The Morgan fingerprint density at radius 2 is 1.75 bits per heavy atom. The molecular weight excluding hydrogens is 366 g/mol. The molecule has 0 aliphatic rings. The average molecular weight is 392 g/mol. The zero-order valence-electron chi connectivity index (χ0n) is 16.3. The van der Waals surface area contributed by atoms with Crippen molar-refractivity contribution in [2.45, 2.75) is 38.0 Å². The number of benzene rings is 2. The first-order chi connectivity index (χ1) is 13.6. The van der Waals surface area contributed by atoms with Gasteiger partial charge in [0.05, 0.1) is 0 Å². The van der Waals surface area contributed by atoms with E-state index in [9.17, 15) is 0 Å². The highest BCUT2D eigenvalue weighted by molar-refractivity contribution is 6.30. The molecule has 0 aliphatic heterocycles. The molecule has 0 bridgehead atoms. The Labute approximate surface area is 172 Å². The van der Waals surface area contributed by atoms with Gasteiger partial charge in [0.15, 0.2) is 0 Å². The first-order valence-corrected chi connectivity index (χ1v) is 10.1. The first kappa shape index (κ1) is 20.2. The summed E-state index contributed by atoms with van der Waals surface area (Å²) in [5, 5.41) is 0.761. The SMILES string of the molecule is C=CC(CC)(CCCc1cccc(Oc2ccccc2)n1)c1ccc(Cl)cc1. The number of hydrogen-bond acceptors (Lipinski definition) is 2. The molecule has 144 valence electrons. The van der Waals surface area contributed by atoms with Crippen molar-refractivity contribution >= 4 is 11.6 Å². The standard InChI is InChI=1S/C25H26ClNO/c1-3-25(4-2,20-15-17-21(26)18-16-20)19-9-11-22-10-8-14-24(27-22)28-23-12-6-5-7-13-23/h3,5-8,10,12-18H,1,4,9,11,19H2,2H3. The number of hydrogen-bond donors (Lipinski definition) is 0. The van der Waals surface area contributed by atoms with E-state index < -0.39 is 0 Å². The van der Waals surface area contributed by atoms with Crippen molar-refractivity contribution in [2.75, 3.05) is 0 Å². The van der Waals surface area contributed by atoms with Crippen LogP contribution >= 0.6 is 11.6 Å². The van der Waals surface area contributed by atoms with Crippen LogP contribution in [0.25, 0.3) is 0 Å². The van der Waals surface area contributed by atoms with Crippen LogP contribution in [-0.2, 0) is 11.8 Å². The van der Waals surface area contributed by atoms with Gasteiger partial charge in [-0.15, -0.1) is 6.58 Å². The Balaban J connectivity index is 1.65. The number of nitrogens with zero attached hydrogens (tertiary/aromatic N) is 1. The molecule has 0 spiro atoms. The molecule has 0 aliphatic carbocycles. The summed E-state index contributed by atoms with van der Waals surface area (Å²) in [6, 6.07) is 23.8. The third kappa shape index (κ3) is 5.02. The van der Waals surface area contributed by atoms with Gasteiger partial charge in [-0.25, -0.2) is 4.98 Å². The zero-order valence-corrected chi connectivity index (χ0v) is 17.0. The molecule has 0 N–H and O–H groups in total. The van der Waals surface area contributed by atoms with E-state index in [1.807, 2.05) is 54.6 Å². The number of pyridine rings is 1. The van der Waals surface area contributed by atoms with Crippen molar-refractivity contribution in [3.05, 3.63) is 102 Å². The number of ether oxygens (including phenoxy) is 1. The van der Waals surface area contributed by atoms with Crippen LogP contribution in [0, 0.1) is 0 Å². The highest BCUT2D eigenvalue weighted by atomic mass is 35.5. The van der Waals surface area contributed by atoms with Crippen molar-refractivity contribution in [1.82, 2.24) is 4.98 Å². The fourth-order valence-corrected chi connectivity index (χ4v) is 3.65. The summed E-state index contributed by atoms with van der Waals surface area (Å²) in [6.45, 7) is 6.33. The third-order valence-corrected chi connectivity index (χ3v) is 5.50. The molecule has 1 unspecified atom stereocenters. The molecule has 2 aromatic carbocycles. The number of para-hydroxylation sites is 1. The lowest BCUT2D eigenvalue weighted by molar-refractivity contribution is 0.448. The van der Waals surface area contributed by atoms with Gasteiger partial charge >= 0.3 is 0 Å². The van der Waals surface area contributed by atoms with Crippen molar-refractivity contribution in [3.63, 3.8) is 0 Å². The minimum Gasteiger partial charge on any atom is -0.439 e.